The van der Waals surface area contributed by atoms with Gasteiger partial charge in [-0.25, -0.2) is 9.78 Å². The first kappa shape index (κ1) is 27.0. The molecule has 2 aromatic carbocycles. The third-order valence-electron chi connectivity index (χ3n) is 6.07. The maximum atomic E-state index is 12.7. The van der Waals surface area contributed by atoms with Crippen molar-refractivity contribution < 1.29 is 14.3 Å². The summed E-state index contributed by atoms with van der Waals surface area (Å²) in [5.74, 6) is 0.787. The van der Waals surface area contributed by atoms with Crippen LogP contribution in [0.15, 0.2) is 72.9 Å². The molecule has 7 nitrogen and oxygen atoms in total. The van der Waals surface area contributed by atoms with Crippen molar-refractivity contribution >= 4 is 29.4 Å². The van der Waals surface area contributed by atoms with E-state index in [-0.39, 0.29) is 26.0 Å². The van der Waals surface area contributed by atoms with Crippen molar-refractivity contribution in [2.24, 2.45) is 5.92 Å². The summed E-state index contributed by atoms with van der Waals surface area (Å²) in [5, 5.41) is 6.92. The number of rotatable bonds is 8. The molecule has 2 amide bonds. The summed E-state index contributed by atoms with van der Waals surface area (Å²) >= 11 is 6.20. The topological polar surface area (TPSA) is 83.6 Å². The van der Waals surface area contributed by atoms with Crippen molar-refractivity contribution in [2.45, 2.75) is 33.4 Å². The number of carbonyl (C=O) groups is 2. The monoisotopic (exact) mass is 508 g/mol. The number of benzene rings is 2. The lowest BCUT2D eigenvalue weighted by atomic mass is 9.97. The van der Waals surface area contributed by atoms with Gasteiger partial charge in [-0.3, -0.25) is 4.79 Å². The lowest BCUT2D eigenvalue weighted by molar-refractivity contribution is 0.0801. The molecule has 0 radical (unpaired) electrons. The van der Waals surface area contributed by atoms with Gasteiger partial charge in [-0.1, -0.05) is 67.6 Å². The zero-order valence-corrected chi connectivity index (χ0v) is 20.2. The largest absolute Gasteiger partial charge is 0.445 e. The van der Waals surface area contributed by atoms with Crippen LogP contribution in [0.1, 0.15) is 41.8 Å². The fourth-order valence-electron chi connectivity index (χ4n) is 3.97. The van der Waals surface area contributed by atoms with E-state index >= 15 is 0 Å². The van der Waals surface area contributed by atoms with Gasteiger partial charge >= 0.3 is 6.09 Å². The van der Waals surface area contributed by atoms with Gasteiger partial charge in [-0.05, 0) is 48.1 Å². The number of aromatic nitrogens is 1. The van der Waals surface area contributed by atoms with Crippen LogP contribution in [0.25, 0.3) is 0 Å². The molecule has 1 aliphatic rings. The predicted octanol–water partition coefficient (Wildman–Crippen LogP) is 5.76. The van der Waals surface area contributed by atoms with Crippen LogP contribution < -0.4 is 10.6 Å². The molecule has 1 saturated heterocycles. The highest BCUT2D eigenvalue weighted by atomic mass is 35.5. The van der Waals surface area contributed by atoms with Gasteiger partial charge in [0.2, 0.25) is 0 Å². The highest BCUT2D eigenvalue weighted by molar-refractivity contribution is 6.31. The van der Waals surface area contributed by atoms with Crippen LogP contribution in [-0.4, -0.2) is 41.5 Å². The third-order valence-corrected chi connectivity index (χ3v) is 6.44. The van der Waals surface area contributed by atoms with Gasteiger partial charge in [0.15, 0.2) is 0 Å². The van der Waals surface area contributed by atoms with Gasteiger partial charge in [-0.15, -0.1) is 0 Å². The molecular weight excluding hydrogens is 476 g/mol. The Morgan fingerprint density at radius 3 is 2.50 bits per heavy atom. The molecule has 0 unspecified atom stereocenters. The number of hydrogen-bond donors (Lipinski definition) is 2. The molecule has 2 heterocycles. The maximum absolute atomic E-state index is 12.7. The first-order valence-corrected chi connectivity index (χ1v) is 12.1. The highest BCUT2D eigenvalue weighted by Crippen LogP contribution is 2.19. The SMILES string of the molecule is C.O=C(NCC1CCN(C(=O)OCc2ccccc2)CC1)c1ccnc(NCc2ccccc2Cl)c1. The number of hydrogen-bond acceptors (Lipinski definition) is 5. The zero-order valence-electron chi connectivity index (χ0n) is 19.5. The number of pyridine rings is 1. The van der Waals surface area contributed by atoms with Gasteiger partial charge in [0, 0.05) is 43.0 Å². The van der Waals surface area contributed by atoms with E-state index in [2.05, 4.69) is 15.6 Å². The number of ether oxygens (including phenoxy) is 1. The second-order valence-corrected chi connectivity index (χ2v) is 8.96. The molecule has 36 heavy (non-hydrogen) atoms. The Labute approximate surface area is 217 Å². The highest BCUT2D eigenvalue weighted by Gasteiger charge is 2.24. The van der Waals surface area contributed by atoms with E-state index in [1.54, 1.807) is 23.2 Å². The minimum Gasteiger partial charge on any atom is -0.445 e. The van der Waals surface area contributed by atoms with Gasteiger partial charge < -0.3 is 20.3 Å². The summed E-state index contributed by atoms with van der Waals surface area (Å²) in [6.45, 7) is 2.61. The summed E-state index contributed by atoms with van der Waals surface area (Å²) in [5.41, 5.74) is 2.47. The lowest BCUT2D eigenvalue weighted by Crippen LogP contribution is -2.41. The molecule has 4 rings (SSSR count). The molecule has 2 N–H and O–H groups in total. The van der Waals surface area contributed by atoms with Crippen molar-refractivity contribution in [3.63, 3.8) is 0 Å². The fraction of sp³-hybridized carbons (Fsp3) is 0.321. The molecule has 190 valence electrons. The van der Waals surface area contributed by atoms with E-state index in [1.807, 2.05) is 54.6 Å². The van der Waals surface area contributed by atoms with Crippen LogP contribution >= 0.6 is 11.6 Å². The number of amides is 2. The fourth-order valence-corrected chi connectivity index (χ4v) is 4.17. The van der Waals surface area contributed by atoms with E-state index in [4.69, 9.17) is 16.3 Å². The van der Waals surface area contributed by atoms with Crippen LogP contribution in [0.2, 0.25) is 5.02 Å². The number of halogens is 1. The minimum absolute atomic E-state index is 0. The summed E-state index contributed by atoms with van der Waals surface area (Å²) in [7, 11) is 0. The molecular formula is C28H33ClN4O3. The normalized spacial score (nSPS) is 13.4. The number of piperidine rings is 1. The molecule has 0 aliphatic carbocycles. The van der Waals surface area contributed by atoms with Crippen molar-refractivity contribution in [1.29, 1.82) is 0 Å². The molecule has 1 fully saturated rings. The standard InChI is InChI=1S/C27H29ClN4O3.CH4/c28-24-9-5-4-8-23(24)18-30-25-16-22(10-13-29-25)26(33)31-17-20-11-14-32(15-12-20)27(34)35-19-21-6-2-1-3-7-21;/h1-10,13,16,20H,11-12,14-15,17-19H2,(H,29,30)(H,31,33);1H4. The maximum Gasteiger partial charge on any atom is 0.410 e. The second kappa shape index (κ2) is 13.5. The van der Waals surface area contributed by atoms with Crippen LogP contribution in [0.3, 0.4) is 0 Å². The number of nitrogens with one attached hydrogen (secondary N) is 2. The summed E-state index contributed by atoms with van der Waals surface area (Å²) < 4.78 is 5.42. The van der Waals surface area contributed by atoms with E-state index in [0.717, 1.165) is 24.0 Å². The Hall–Kier alpha value is -3.58. The van der Waals surface area contributed by atoms with E-state index in [0.29, 0.717) is 48.5 Å². The molecule has 1 aromatic heterocycles. The van der Waals surface area contributed by atoms with Gasteiger partial charge in [0.25, 0.3) is 5.91 Å². The van der Waals surface area contributed by atoms with Crippen LogP contribution in [-0.2, 0) is 17.9 Å². The van der Waals surface area contributed by atoms with Crippen molar-refractivity contribution in [1.82, 2.24) is 15.2 Å². The van der Waals surface area contributed by atoms with E-state index in [1.165, 1.54) is 0 Å². The number of anilines is 1. The van der Waals surface area contributed by atoms with Gasteiger partial charge in [-0.2, -0.15) is 0 Å². The Balaban J connectivity index is 0.00000361. The Bertz CT molecular complexity index is 1130. The molecule has 0 atom stereocenters. The van der Waals surface area contributed by atoms with Crippen LogP contribution in [0, 0.1) is 5.92 Å². The summed E-state index contributed by atoms with van der Waals surface area (Å²) in [6, 6.07) is 20.7. The number of carbonyl (C=O) groups excluding carboxylic acids is 2. The minimum atomic E-state index is -0.287. The summed E-state index contributed by atoms with van der Waals surface area (Å²) in [4.78, 5) is 31.1. The molecule has 0 saturated carbocycles. The zero-order chi connectivity index (χ0) is 24.5. The average Bonchev–Trinajstić information content (AvgIpc) is 2.91. The smallest absolute Gasteiger partial charge is 0.410 e. The second-order valence-electron chi connectivity index (χ2n) is 8.56. The van der Waals surface area contributed by atoms with Crippen molar-refractivity contribution in [3.8, 4) is 0 Å². The van der Waals surface area contributed by atoms with Crippen LogP contribution in [0.4, 0.5) is 10.6 Å². The molecule has 0 bridgehead atoms. The first-order valence-electron chi connectivity index (χ1n) is 11.8. The molecule has 3 aromatic rings. The van der Waals surface area contributed by atoms with E-state index in [9.17, 15) is 9.59 Å². The predicted molar refractivity (Wildman–Crippen MR) is 143 cm³/mol. The number of nitrogens with zero attached hydrogens (tertiary/aromatic N) is 2. The van der Waals surface area contributed by atoms with Crippen LogP contribution in [0.5, 0.6) is 0 Å². The average molecular weight is 509 g/mol. The van der Waals surface area contributed by atoms with Crippen molar-refractivity contribution in [2.75, 3.05) is 25.0 Å². The first-order chi connectivity index (χ1) is 17.1. The Morgan fingerprint density at radius 1 is 1.03 bits per heavy atom. The van der Waals surface area contributed by atoms with Gasteiger partial charge in [0.1, 0.15) is 12.4 Å². The molecule has 1 aliphatic heterocycles. The number of likely N-dealkylation sites (tertiary alicyclic amines) is 1. The van der Waals surface area contributed by atoms with Crippen molar-refractivity contribution in [3.05, 3.63) is 94.6 Å². The Kier molecular flexibility index (Phi) is 10.1. The molecule has 8 heteroatoms. The van der Waals surface area contributed by atoms with Gasteiger partial charge in [0.05, 0.1) is 0 Å². The lowest BCUT2D eigenvalue weighted by Gasteiger charge is -2.31. The quantitative estimate of drug-likeness (QED) is 0.404. The summed E-state index contributed by atoms with van der Waals surface area (Å²) in [6.07, 6.45) is 2.97. The molecule has 0 spiro atoms. The van der Waals surface area contributed by atoms with E-state index < -0.39 is 0 Å². The third kappa shape index (κ3) is 7.71. The Morgan fingerprint density at radius 2 is 1.75 bits per heavy atom.